The maximum atomic E-state index is 13.7. The smallest absolute Gasteiger partial charge is 0.419 e. The normalized spacial score (nSPS) is 20.0. The van der Waals surface area contributed by atoms with E-state index >= 15 is 0 Å². The van der Waals surface area contributed by atoms with Crippen molar-refractivity contribution in [3.8, 4) is 5.75 Å². The molecule has 182 valence electrons. The highest BCUT2D eigenvalue weighted by molar-refractivity contribution is 5.75. The summed E-state index contributed by atoms with van der Waals surface area (Å²) < 4.78 is 57.8. The second kappa shape index (κ2) is 10.3. The Hall–Kier alpha value is -3.40. The number of alkyl halides is 3. The Labute approximate surface area is 195 Å². The van der Waals surface area contributed by atoms with E-state index in [1.54, 1.807) is 11.0 Å². The molecular formula is C24H27F3N4O3. The molecule has 0 aliphatic carbocycles. The van der Waals surface area contributed by atoms with E-state index in [0.717, 1.165) is 24.5 Å². The zero-order valence-electron chi connectivity index (χ0n) is 18.5. The van der Waals surface area contributed by atoms with Gasteiger partial charge in [0.15, 0.2) is 12.2 Å². The summed E-state index contributed by atoms with van der Waals surface area (Å²) in [6.07, 6.45) is -2.04. The Bertz CT molecular complexity index is 1030. The van der Waals surface area contributed by atoms with Crippen LogP contribution in [0.5, 0.6) is 5.75 Å². The molecule has 0 amide bonds. The van der Waals surface area contributed by atoms with Crippen LogP contribution in [0, 0.1) is 5.41 Å². The van der Waals surface area contributed by atoms with E-state index in [1.807, 2.05) is 30.3 Å². The zero-order valence-corrected chi connectivity index (χ0v) is 18.5. The maximum Gasteiger partial charge on any atom is 0.419 e. The summed E-state index contributed by atoms with van der Waals surface area (Å²) in [6, 6.07) is 13.2. The highest BCUT2D eigenvalue weighted by Crippen LogP contribution is 2.38. The maximum absolute atomic E-state index is 13.7. The average Bonchev–Trinajstić information content (AvgIpc) is 3.49. The van der Waals surface area contributed by atoms with Crippen LogP contribution in [-0.2, 0) is 22.3 Å². The molecule has 4 rings (SSSR count). The van der Waals surface area contributed by atoms with Crippen molar-refractivity contribution in [3.63, 3.8) is 0 Å². The number of benzene rings is 2. The lowest BCUT2D eigenvalue weighted by Crippen LogP contribution is -2.49. The molecule has 2 heterocycles. The molecule has 2 aromatic rings. The van der Waals surface area contributed by atoms with Gasteiger partial charge in [-0.25, -0.2) is 0 Å². The van der Waals surface area contributed by atoms with Crippen molar-refractivity contribution in [3.05, 3.63) is 71.5 Å². The van der Waals surface area contributed by atoms with Crippen LogP contribution in [0.2, 0.25) is 0 Å². The summed E-state index contributed by atoms with van der Waals surface area (Å²) >= 11 is 0. The van der Waals surface area contributed by atoms with E-state index in [2.05, 4.69) is 5.32 Å². The first-order valence-corrected chi connectivity index (χ1v) is 11.0. The fourth-order valence-corrected chi connectivity index (χ4v) is 4.13. The van der Waals surface area contributed by atoms with Gasteiger partial charge in [0, 0.05) is 12.1 Å². The van der Waals surface area contributed by atoms with E-state index in [4.69, 9.17) is 25.4 Å². The van der Waals surface area contributed by atoms with Crippen molar-refractivity contribution < 1.29 is 27.4 Å². The molecule has 2 unspecified atom stereocenters. The molecule has 7 nitrogen and oxygen atoms in total. The third-order valence-electron chi connectivity index (χ3n) is 5.78. The lowest BCUT2D eigenvalue weighted by atomic mass is 10.1. The number of likely N-dealkylation sites (tertiary alicyclic amines) is 1. The van der Waals surface area contributed by atoms with Crippen LogP contribution in [0.25, 0.3) is 5.70 Å². The summed E-state index contributed by atoms with van der Waals surface area (Å²) in [5, 5.41) is 10.8. The van der Waals surface area contributed by atoms with E-state index in [9.17, 15) is 13.2 Å². The van der Waals surface area contributed by atoms with E-state index < -0.39 is 18.0 Å². The van der Waals surface area contributed by atoms with Crippen molar-refractivity contribution >= 4 is 11.7 Å². The minimum absolute atomic E-state index is 0.00997. The number of ether oxygens (including phenoxy) is 3. The number of rotatable bonds is 8. The van der Waals surface area contributed by atoms with Crippen LogP contribution < -0.4 is 15.8 Å². The third-order valence-corrected chi connectivity index (χ3v) is 5.78. The Balaban J connectivity index is 1.37. The van der Waals surface area contributed by atoms with E-state index in [1.165, 1.54) is 12.3 Å². The Morgan fingerprint density at radius 1 is 1.18 bits per heavy atom. The summed E-state index contributed by atoms with van der Waals surface area (Å²) in [4.78, 5) is 1.73. The zero-order chi connectivity index (χ0) is 24.1. The predicted molar refractivity (Wildman–Crippen MR) is 121 cm³/mol. The van der Waals surface area contributed by atoms with Crippen LogP contribution in [0.3, 0.4) is 0 Å². The van der Waals surface area contributed by atoms with Gasteiger partial charge in [-0.2, -0.15) is 13.2 Å². The topological polar surface area (TPSA) is 92.8 Å². The van der Waals surface area contributed by atoms with Crippen molar-refractivity contribution in [1.82, 2.24) is 10.2 Å². The summed E-state index contributed by atoms with van der Waals surface area (Å²) in [6.45, 7) is 1.16. The van der Waals surface area contributed by atoms with Crippen molar-refractivity contribution in [2.24, 2.45) is 5.73 Å². The lowest BCUT2D eigenvalue weighted by Gasteiger charge is -2.29. The second-order valence-electron chi connectivity index (χ2n) is 8.12. The highest BCUT2D eigenvalue weighted by Gasteiger charge is 2.38. The molecular weight excluding hydrogens is 449 g/mol. The standard InChI is InChI=1S/C24H27F3N4O3/c25-24(26,27)18-13-17(19-15-34-22(30-19)20-7-4-10-31(20)23(28)29)8-9-21(18)33-12-11-32-14-16-5-2-1-3-6-16/h1-3,5-6,8-9,13,15,20,22,30H,4,7,10-12,14H2,(H3,28,29). The van der Waals surface area contributed by atoms with Crippen molar-refractivity contribution in [2.45, 2.75) is 37.9 Å². The molecule has 0 saturated carbocycles. The Morgan fingerprint density at radius 2 is 1.97 bits per heavy atom. The molecule has 2 aliphatic rings. The second-order valence-corrected chi connectivity index (χ2v) is 8.12. The molecule has 34 heavy (non-hydrogen) atoms. The largest absolute Gasteiger partial charge is 0.491 e. The van der Waals surface area contributed by atoms with Crippen LogP contribution in [0.4, 0.5) is 13.2 Å². The number of nitrogens with two attached hydrogens (primary N) is 1. The number of nitrogens with zero attached hydrogens (tertiary/aromatic N) is 1. The molecule has 1 fully saturated rings. The number of guanidine groups is 1. The minimum atomic E-state index is -4.59. The molecule has 4 N–H and O–H groups in total. The molecule has 0 aromatic heterocycles. The molecule has 10 heteroatoms. The van der Waals surface area contributed by atoms with Gasteiger partial charge in [-0.05, 0) is 36.6 Å². The van der Waals surface area contributed by atoms with Crippen LogP contribution in [0.1, 0.15) is 29.5 Å². The van der Waals surface area contributed by atoms with Gasteiger partial charge >= 0.3 is 6.18 Å². The monoisotopic (exact) mass is 476 g/mol. The van der Waals surface area contributed by atoms with E-state index in [0.29, 0.717) is 24.4 Å². The van der Waals surface area contributed by atoms with Crippen LogP contribution >= 0.6 is 0 Å². The van der Waals surface area contributed by atoms with E-state index in [-0.39, 0.29) is 31.0 Å². The SMILES string of the molecule is N=C(N)N1CCCC1C1NC(c2ccc(OCCOCc3ccccc3)c(C(F)(F)F)c2)=CO1. The highest BCUT2D eigenvalue weighted by atomic mass is 19.4. The van der Waals surface area contributed by atoms with Gasteiger partial charge in [0.25, 0.3) is 0 Å². The summed E-state index contributed by atoms with van der Waals surface area (Å²) in [7, 11) is 0. The Kier molecular flexibility index (Phi) is 7.16. The molecule has 2 atom stereocenters. The van der Waals surface area contributed by atoms with Gasteiger partial charge in [-0.1, -0.05) is 30.3 Å². The lowest BCUT2D eigenvalue weighted by molar-refractivity contribution is -0.139. The predicted octanol–water partition coefficient (Wildman–Crippen LogP) is 3.90. The number of hydrogen-bond donors (Lipinski definition) is 3. The first kappa shape index (κ1) is 23.7. The minimum Gasteiger partial charge on any atom is -0.491 e. The molecule has 0 radical (unpaired) electrons. The van der Waals surface area contributed by atoms with Gasteiger partial charge < -0.3 is 30.2 Å². The molecule has 0 bridgehead atoms. The first-order valence-electron chi connectivity index (χ1n) is 11.0. The Morgan fingerprint density at radius 3 is 2.71 bits per heavy atom. The van der Waals surface area contributed by atoms with Crippen molar-refractivity contribution in [2.75, 3.05) is 19.8 Å². The van der Waals surface area contributed by atoms with Gasteiger partial charge in [-0.15, -0.1) is 0 Å². The van der Waals surface area contributed by atoms with Gasteiger partial charge in [0.05, 0.1) is 30.5 Å². The molecule has 2 aliphatic heterocycles. The number of nitrogens with one attached hydrogen (secondary N) is 2. The molecule has 1 saturated heterocycles. The molecule has 0 spiro atoms. The van der Waals surface area contributed by atoms with Gasteiger partial charge in [0.1, 0.15) is 18.6 Å². The van der Waals surface area contributed by atoms with Crippen molar-refractivity contribution in [1.29, 1.82) is 5.41 Å². The molecule has 2 aromatic carbocycles. The third kappa shape index (κ3) is 5.56. The van der Waals surface area contributed by atoms with Gasteiger partial charge in [-0.3, -0.25) is 5.41 Å². The van der Waals surface area contributed by atoms with Crippen LogP contribution in [-0.4, -0.2) is 42.9 Å². The fourth-order valence-electron chi connectivity index (χ4n) is 4.13. The number of hydrogen-bond acceptors (Lipinski definition) is 5. The summed E-state index contributed by atoms with van der Waals surface area (Å²) in [5.74, 6) is -0.302. The van der Waals surface area contributed by atoms with Gasteiger partial charge in [0.2, 0.25) is 0 Å². The quantitative estimate of drug-likeness (QED) is 0.304. The average molecular weight is 476 g/mol. The fraction of sp³-hybridized carbons (Fsp3) is 0.375. The van der Waals surface area contributed by atoms with Crippen LogP contribution in [0.15, 0.2) is 54.8 Å². The first-order chi connectivity index (χ1) is 16.3. The summed E-state index contributed by atoms with van der Waals surface area (Å²) in [5.41, 5.74) is 6.50. The number of halogens is 3.